The Morgan fingerprint density at radius 3 is 2.53 bits per heavy atom. The van der Waals surface area contributed by atoms with Gasteiger partial charge in [-0.15, -0.1) is 0 Å². The molecule has 2 N–H and O–H groups in total. The van der Waals surface area contributed by atoms with Gasteiger partial charge in [0.2, 0.25) is 0 Å². The molecule has 108 valence electrons. The smallest absolute Gasteiger partial charge is 0.329 e. The molecule has 1 aliphatic heterocycles. The van der Waals surface area contributed by atoms with Crippen LogP contribution in [0.4, 0.5) is 4.79 Å². The summed E-state index contributed by atoms with van der Waals surface area (Å²) in [6.45, 7) is 2.84. The molecule has 1 aliphatic carbocycles. The first kappa shape index (κ1) is 14.2. The fourth-order valence-electron chi connectivity index (χ4n) is 3.07. The minimum atomic E-state index is -0.998. The number of nitrogens with zero attached hydrogens (tertiary/aromatic N) is 1. The Bertz CT molecular complexity index is 353. The number of amides is 2. The summed E-state index contributed by atoms with van der Waals surface area (Å²) in [5.74, 6) is -0.894. The molecule has 19 heavy (non-hydrogen) atoms. The first-order chi connectivity index (χ1) is 9.09. The van der Waals surface area contributed by atoms with E-state index in [0.29, 0.717) is 12.8 Å². The van der Waals surface area contributed by atoms with E-state index in [1.165, 1.54) is 0 Å². The van der Waals surface area contributed by atoms with Crippen molar-refractivity contribution in [1.29, 1.82) is 0 Å². The molecule has 1 atom stereocenters. The normalized spacial score (nSPS) is 26.2. The predicted molar refractivity (Wildman–Crippen MR) is 72.0 cm³/mol. The van der Waals surface area contributed by atoms with Crippen LogP contribution >= 0.6 is 0 Å². The first-order valence-electron chi connectivity index (χ1n) is 7.41. The van der Waals surface area contributed by atoms with E-state index in [-0.39, 0.29) is 12.1 Å². The zero-order valence-electron chi connectivity index (χ0n) is 11.7. The molecule has 0 aromatic rings. The summed E-state index contributed by atoms with van der Waals surface area (Å²) in [5.41, 5.74) is -0.998. The van der Waals surface area contributed by atoms with E-state index in [1.54, 1.807) is 0 Å². The molecule has 1 heterocycles. The average Bonchev–Trinajstić information content (AvgIpc) is 2.57. The largest absolute Gasteiger partial charge is 0.480 e. The molecule has 1 saturated heterocycles. The molecule has 5 nitrogen and oxygen atoms in total. The van der Waals surface area contributed by atoms with Gasteiger partial charge < -0.3 is 15.3 Å². The minimum Gasteiger partial charge on any atom is -0.480 e. The van der Waals surface area contributed by atoms with Crippen LogP contribution in [0.3, 0.4) is 0 Å². The van der Waals surface area contributed by atoms with Gasteiger partial charge in [0.25, 0.3) is 0 Å². The molecule has 0 aromatic carbocycles. The van der Waals surface area contributed by atoms with Crippen molar-refractivity contribution >= 4 is 12.0 Å². The van der Waals surface area contributed by atoms with Gasteiger partial charge in [-0.05, 0) is 38.5 Å². The highest BCUT2D eigenvalue weighted by Crippen LogP contribution is 2.32. The molecule has 0 aromatic heterocycles. The van der Waals surface area contributed by atoms with Crippen molar-refractivity contribution < 1.29 is 14.7 Å². The van der Waals surface area contributed by atoms with Gasteiger partial charge in [0.15, 0.2) is 0 Å². The standard InChI is InChI=1S/C14H24N2O3/c1-2-11-7-4-3-5-10-16(11)13(19)15-14(12(17)18)8-6-9-14/h11H,2-10H2,1H3,(H,15,19)(H,17,18). The number of hydrogen-bond donors (Lipinski definition) is 2. The second kappa shape index (κ2) is 5.80. The van der Waals surface area contributed by atoms with Crippen LogP contribution in [-0.2, 0) is 4.79 Å². The van der Waals surface area contributed by atoms with Gasteiger partial charge in [0, 0.05) is 12.6 Å². The van der Waals surface area contributed by atoms with Crippen molar-refractivity contribution in [1.82, 2.24) is 10.2 Å². The second-order valence-electron chi connectivity index (χ2n) is 5.78. The summed E-state index contributed by atoms with van der Waals surface area (Å²) in [6, 6.07) is 0.0734. The third-order valence-corrected chi connectivity index (χ3v) is 4.57. The van der Waals surface area contributed by atoms with Gasteiger partial charge >= 0.3 is 12.0 Å². The Kier molecular flexibility index (Phi) is 4.32. The Labute approximate surface area is 114 Å². The number of carbonyl (C=O) groups is 2. The van der Waals surface area contributed by atoms with Crippen LogP contribution in [0.1, 0.15) is 58.3 Å². The maximum absolute atomic E-state index is 12.4. The van der Waals surface area contributed by atoms with Crippen molar-refractivity contribution in [3.63, 3.8) is 0 Å². The molecule has 2 fully saturated rings. The van der Waals surface area contributed by atoms with Crippen LogP contribution in [0.25, 0.3) is 0 Å². The molecule has 2 amide bonds. The quantitative estimate of drug-likeness (QED) is 0.825. The number of carboxylic acid groups (broad SMARTS) is 1. The topological polar surface area (TPSA) is 69.6 Å². The molecule has 2 rings (SSSR count). The first-order valence-corrected chi connectivity index (χ1v) is 7.41. The Morgan fingerprint density at radius 1 is 1.26 bits per heavy atom. The van der Waals surface area contributed by atoms with Crippen LogP contribution in [0, 0.1) is 0 Å². The van der Waals surface area contributed by atoms with Gasteiger partial charge in [0.1, 0.15) is 5.54 Å². The fourth-order valence-corrected chi connectivity index (χ4v) is 3.07. The lowest BCUT2D eigenvalue weighted by Gasteiger charge is -2.41. The van der Waals surface area contributed by atoms with Crippen molar-refractivity contribution in [3.05, 3.63) is 0 Å². The third-order valence-electron chi connectivity index (χ3n) is 4.57. The molecule has 1 saturated carbocycles. The number of nitrogens with one attached hydrogen (secondary N) is 1. The number of urea groups is 1. The molecule has 0 bridgehead atoms. The molecule has 0 radical (unpaired) electrons. The van der Waals surface area contributed by atoms with Crippen LogP contribution in [-0.4, -0.2) is 40.1 Å². The Balaban J connectivity index is 2.02. The van der Waals surface area contributed by atoms with E-state index >= 15 is 0 Å². The number of likely N-dealkylation sites (tertiary alicyclic amines) is 1. The molecule has 5 heteroatoms. The average molecular weight is 268 g/mol. The SMILES string of the molecule is CCC1CCCCCN1C(=O)NC1(C(=O)O)CCC1. The van der Waals surface area contributed by atoms with E-state index in [1.807, 2.05) is 4.90 Å². The van der Waals surface area contributed by atoms with Crippen molar-refractivity contribution in [2.75, 3.05) is 6.54 Å². The van der Waals surface area contributed by atoms with Gasteiger partial charge in [-0.2, -0.15) is 0 Å². The summed E-state index contributed by atoms with van der Waals surface area (Å²) in [7, 11) is 0. The minimum absolute atomic E-state index is 0.184. The summed E-state index contributed by atoms with van der Waals surface area (Å²) in [5, 5.41) is 12.1. The number of aliphatic carboxylic acids is 1. The predicted octanol–water partition coefficient (Wildman–Crippen LogP) is 2.36. The highest BCUT2D eigenvalue weighted by Gasteiger charge is 2.46. The van der Waals surface area contributed by atoms with Gasteiger partial charge in [-0.25, -0.2) is 9.59 Å². The monoisotopic (exact) mass is 268 g/mol. The summed E-state index contributed by atoms with van der Waals surface area (Å²) >= 11 is 0. The summed E-state index contributed by atoms with van der Waals surface area (Å²) in [6.07, 6.45) is 7.29. The Hall–Kier alpha value is -1.26. The van der Waals surface area contributed by atoms with E-state index < -0.39 is 11.5 Å². The van der Waals surface area contributed by atoms with E-state index in [9.17, 15) is 14.7 Å². The highest BCUT2D eigenvalue weighted by atomic mass is 16.4. The zero-order chi connectivity index (χ0) is 13.9. The van der Waals surface area contributed by atoms with Gasteiger partial charge in [-0.3, -0.25) is 0 Å². The molecule has 2 aliphatic rings. The van der Waals surface area contributed by atoms with E-state index in [2.05, 4.69) is 12.2 Å². The van der Waals surface area contributed by atoms with Gasteiger partial charge in [0.05, 0.1) is 0 Å². The zero-order valence-corrected chi connectivity index (χ0v) is 11.7. The second-order valence-corrected chi connectivity index (χ2v) is 5.78. The van der Waals surface area contributed by atoms with E-state index in [0.717, 1.165) is 45.1 Å². The van der Waals surface area contributed by atoms with E-state index in [4.69, 9.17) is 0 Å². The number of carboxylic acids is 1. The van der Waals surface area contributed by atoms with Crippen LogP contribution in [0.15, 0.2) is 0 Å². The van der Waals surface area contributed by atoms with Gasteiger partial charge in [-0.1, -0.05) is 19.8 Å². The lowest BCUT2D eigenvalue weighted by Crippen LogP contribution is -2.62. The van der Waals surface area contributed by atoms with Crippen LogP contribution in [0.2, 0.25) is 0 Å². The molecular weight excluding hydrogens is 244 g/mol. The third kappa shape index (κ3) is 2.85. The Morgan fingerprint density at radius 2 is 2.00 bits per heavy atom. The molecular formula is C14H24N2O3. The van der Waals surface area contributed by atoms with Crippen molar-refractivity contribution in [3.8, 4) is 0 Å². The molecule has 0 spiro atoms. The maximum Gasteiger partial charge on any atom is 0.329 e. The van der Waals surface area contributed by atoms with Crippen molar-refractivity contribution in [2.24, 2.45) is 0 Å². The number of rotatable bonds is 3. The van der Waals surface area contributed by atoms with Crippen LogP contribution < -0.4 is 5.32 Å². The fraction of sp³-hybridized carbons (Fsp3) is 0.857. The number of hydrogen-bond acceptors (Lipinski definition) is 2. The lowest BCUT2D eigenvalue weighted by molar-refractivity contribution is -0.148. The highest BCUT2D eigenvalue weighted by molar-refractivity contribution is 5.87. The maximum atomic E-state index is 12.4. The molecule has 1 unspecified atom stereocenters. The number of carbonyl (C=O) groups excluding carboxylic acids is 1. The summed E-state index contributed by atoms with van der Waals surface area (Å²) < 4.78 is 0. The van der Waals surface area contributed by atoms with Crippen LogP contribution in [0.5, 0.6) is 0 Å². The van der Waals surface area contributed by atoms with Crippen molar-refractivity contribution in [2.45, 2.75) is 69.9 Å². The lowest BCUT2D eigenvalue weighted by atomic mass is 9.77. The summed E-state index contributed by atoms with van der Waals surface area (Å²) in [4.78, 5) is 25.5.